The molecule has 17 heavy (non-hydrogen) atoms. The van der Waals surface area contributed by atoms with E-state index in [1.165, 1.54) is 25.7 Å². The molecule has 0 heterocycles. The summed E-state index contributed by atoms with van der Waals surface area (Å²) >= 11 is 0. The Bertz CT molecular complexity index is 347. The summed E-state index contributed by atoms with van der Waals surface area (Å²) in [6.07, 6.45) is 5.33. The van der Waals surface area contributed by atoms with Gasteiger partial charge in [0.05, 0.1) is 0 Å². The summed E-state index contributed by atoms with van der Waals surface area (Å²) in [5, 5.41) is 3.08. The van der Waals surface area contributed by atoms with Crippen LogP contribution in [0, 0.1) is 5.92 Å². The van der Waals surface area contributed by atoms with Crippen LogP contribution in [-0.2, 0) is 0 Å². The first-order chi connectivity index (χ1) is 7.84. The second-order valence-corrected chi connectivity index (χ2v) is 4.34. The molecule has 4 heteroatoms. The van der Waals surface area contributed by atoms with Crippen LogP contribution in [-0.4, -0.2) is 12.5 Å². The molecule has 1 aliphatic rings. The van der Waals surface area contributed by atoms with E-state index in [2.05, 4.69) is 10.3 Å². The van der Waals surface area contributed by atoms with E-state index in [0.29, 0.717) is 5.96 Å². The van der Waals surface area contributed by atoms with Gasteiger partial charge in [-0.25, -0.2) is 0 Å². The number of para-hydroxylation sites is 1. The van der Waals surface area contributed by atoms with Gasteiger partial charge >= 0.3 is 0 Å². The van der Waals surface area contributed by atoms with E-state index in [9.17, 15) is 0 Å². The fourth-order valence-electron chi connectivity index (χ4n) is 1.86. The van der Waals surface area contributed by atoms with Crippen LogP contribution in [0.5, 0.6) is 0 Å². The smallest absolute Gasteiger partial charge is 0.193 e. The van der Waals surface area contributed by atoms with Crippen LogP contribution < -0.4 is 11.1 Å². The minimum atomic E-state index is 0. The molecule has 0 spiro atoms. The fourth-order valence-corrected chi connectivity index (χ4v) is 1.86. The Kier molecular flexibility index (Phi) is 6.32. The van der Waals surface area contributed by atoms with Crippen molar-refractivity contribution in [3.63, 3.8) is 0 Å². The molecule has 0 unspecified atom stereocenters. The average Bonchev–Trinajstić information content (AvgIpc) is 2.23. The molecule has 0 aromatic heterocycles. The Labute approximate surface area is 120 Å². The van der Waals surface area contributed by atoms with Gasteiger partial charge in [-0.2, -0.15) is 0 Å². The lowest BCUT2D eigenvalue weighted by Crippen LogP contribution is -2.23. The minimum Gasteiger partial charge on any atom is -0.370 e. The van der Waals surface area contributed by atoms with E-state index >= 15 is 0 Å². The van der Waals surface area contributed by atoms with Crippen LogP contribution in [0.2, 0.25) is 0 Å². The summed E-state index contributed by atoms with van der Waals surface area (Å²) in [4.78, 5) is 4.32. The number of nitrogens with one attached hydrogen (secondary N) is 1. The summed E-state index contributed by atoms with van der Waals surface area (Å²) in [5.74, 6) is 1.42. The van der Waals surface area contributed by atoms with Crippen LogP contribution in [0.15, 0.2) is 35.3 Å². The maximum Gasteiger partial charge on any atom is 0.193 e. The standard InChI is InChI=1S/C13H19N3.HI/c14-13(15-10-9-11-5-4-6-11)16-12-7-2-1-3-8-12;/h1-3,7-8,11H,4-6,9-10H2,(H3,14,15,16);1H. The Hall–Kier alpha value is -0.780. The maximum atomic E-state index is 5.79. The average molecular weight is 345 g/mol. The lowest BCUT2D eigenvalue weighted by molar-refractivity contribution is 0.300. The number of nitrogens with zero attached hydrogens (tertiary/aromatic N) is 1. The number of anilines is 1. The van der Waals surface area contributed by atoms with E-state index < -0.39 is 0 Å². The lowest BCUT2D eigenvalue weighted by Gasteiger charge is -2.24. The molecule has 0 amide bonds. The number of aliphatic imine (C=N–C) groups is 1. The zero-order chi connectivity index (χ0) is 11.2. The monoisotopic (exact) mass is 345 g/mol. The number of benzene rings is 1. The van der Waals surface area contributed by atoms with Crippen LogP contribution in [0.25, 0.3) is 0 Å². The van der Waals surface area contributed by atoms with E-state index in [0.717, 1.165) is 18.2 Å². The number of hydrogen-bond acceptors (Lipinski definition) is 1. The summed E-state index contributed by atoms with van der Waals surface area (Å²) in [7, 11) is 0. The number of guanidine groups is 1. The van der Waals surface area contributed by atoms with Gasteiger partial charge in [0.1, 0.15) is 0 Å². The maximum absolute atomic E-state index is 5.79. The van der Waals surface area contributed by atoms with Gasteiger partial charge in [0.2, 0.25) is 0 Å². The SMILES string of the molecule is I.NC(=NCCC1CCC1)Nc1ccccc1. The van der Waals surface area contributed by atoms with Crippen molar-refractivity contribution in [2.45, 2.75) is 25.7 Å². The Morgan fingerprint density at radius 3 is 2.59 bits per heavy atom. The van der Waals surface area contributed by atoms with Gasteiger partial charge in [0, 0.05) is 12.2 Å². The van der Waals surface area contributed by atoms with Crippen molar-refractivity contribution in [3.8, 4) is 0 Å². The molecule has 0 radical (unpaired) electrons. The van der Waals surface area contributed by atoms with Crippen molar-refractivity contribution in [1.82, 2.24) is 0 Å². The molecule has 1 aliphatic carbocycles. The van der Waals surface area contributed by atoms with Crippen LogP contribution in [0.3, 0.4) is 0 Å². The zero-order valence-corrected chi connectivity index (χ0v) is 12.3. The van der Waals surface area contributed by atoms with Crippen molar-refractivity contribution in [2.75, 3.05) is 11.9 Å². The van der Waals surface area contributed by atoms with Crippen molar-refractivity contribution in [3.05, 3.63) is 30.3 Å². The summed E-state index contributed by atoms with van der Waals surface area (Å²) in [6.45, 7) is 0.844. The molecule has 0 bridgehead atoms. The van der Waals surface area contributed by atoms with E-state index in [4.69, 9.17) is 5.73 Å². The molecule has 0 saturated heterocycles. The Morgan fingerprint density at radius 1 is 1.29 bits per heavy atom. The highest BCUT2D eigenvalue weighted by Crippen LogP contribution is 2.29. The number of nitrogens with two attached hydrogens (primary N) is 1. The van der Waals surface area contributed by atoms with Gasteiger partial charge in [-0.15, -0.1) is 24.0 Å². The first-order valence-corrected chi connectivity index (χ1v) is 5.96. The summed E-state index contributed by atoms with van der Waals surface area (Å²) in [6, 6.07) is 9.89. The quantitative estimate of drug-likeness (QED) is 0.500. The molecule has 1 aromatic rings. The molecular formula is C13H20IN3. The first kappa shape index (κ1) is 14.3. The minimum absolute atomic E-state index is 0. The Balaban J connectivity index is 0.00000144. The highest BCUT2D eigenvalue weighted by Gasteiger charge is 2.16. The van der Waals surface area contributed by atoms with Gasteiger partial charge in [-0.05, 0) is 24.5 Å². The number of hydrogen-bond donors (Lipinski definition) is 2. The molecule has 1 saturated carbocycles. The first-order valence-electron chi connectivity index (χ1n) is 5.96. The molecule has 2 rings (SSSR count). The second kappa shape index (κ2) is 7.53. The topological polar surface area (TPSA) is 50.4 Å². The van der Waals surface area contributed by atoms with Crippen LogP contribution in [0.1, 0.15) is 25.7 Å². The molecule has 0 atom stereocenters. The van der Waals surface area contributed by atoms with Gasteiger partial charge < -0.3 is 11.1 Å². The summed E-state index contributed by atoms with van der Waals surface area (Å²) < 4.78 is 0. The Morgan fingerprint density at radius 2 is 2.00 bits per heavy atom. The third-order valence-corrected chi connectivity index (χ3v) is 3.09. The van der Waals surface area contributed by atoms with E-state index in [1.807, 2.05) is 30.3 Å². The zero-order valence-electron chi connectivity index (χ0n) is 9.93. The number of halogens is 1. The van der Waals surface area contributed by atoms with Crippen molar-refractivity contribution >= 4 is 35.6 Å². The van der Waals surface area contributed by atoms with Crippen molar-refractivity contribution in [2.24, 2.45) is 16.6 Å². The lowest BCUT2D eigenvalue weighted by atomic mass is 9.83. The third-order valence-electron chi connectivity index (χ3n) is 3.09. The van der Waals surface area contributed by atoms with Gasteiger partial charge in [-0.1, -0.05) is 37.5 Å². The number of rotatable bonds is 4. The van der Waals surface area contributed by atoms with Crippen molar-refractivity contribution < 1.29 is 0 Å². The fraction of sp³-hybridized carbons (Fsp3) is 0.462. The van der Waals surface area contributed by atoms with E-state index in [1.54, 1.807) is 0 Å². The highest BCUT2D eigenvalue weighted by molar-refractivity contribution is 14.0. The molecule has 1 aromatic carbocycles. The van der Waals surface area contributed by atoms with Crippen molar-refractivity contribution in [1.29, 1.82) is 0 Å². The highest BCUT2D eigenvalue weighted by atomic mass is 127. The molecular weight excluding hydrogens is 325 g/mol. The molecule has 3 nitrogen and oxygen atoms in total. The molecule has 94 valence electrons. The third kappa shape index (κ3) is 4.93. The van der Waals surface area contributed by atoms with Gasteiger partial charge in [-0.3, -0.25) is 4.99 Å². The molecule has 3 N–H and O–H groups in total. The predicted molar refractivity (Wildman–Crippen MR) is 83.9 cm³/mol. The molecule has 1 fully saturated rings. The van der Waals surface area contributed by atoms with Crippen LogP contribution >= 0.6 is 24.0 Å². The van der Waals surface area contributed by atoms with Gasteiger partial charge in [0.15, 0.2) is 5.96 Å². The largest absolute Gasteiger partial charge is 0.370 e. The summed E-state index contributed by atoms with van der Waals surface area (Å²) in [5.41, 5.74) is 6.78. The normalized spacial score (nSPS) is 15.9. The molecule has 0 aliphatic heterocycles. The van der Waals surface area contributed by atoms with Crippen LogP contribution in [0.4, 0.5) is 5.69 Å². The van der Waals surface area contributed by atoms with E-state index in [-0.39, 0.29) is 24.0 Å². The second-order valence-electron chi connectivity index (χ2n) is 4.34. The van der Waals surface area contributed by atoms with Gasteiger partial charge in [0.25, 0.3) is 0 Å². The predicted octanol–water partition coefficient (Wildman–Crippen LogP) is 3.22.